The zero-order valence-corrected chi connectivity index (χ0v) is 16.7. The van der Waals surface area contributed by atoms with Crippen LogP contribution in [0.1, 0.15) is 25.1 Å². The minimum Gasteiger partial charge on any atom is -0.493 e. The fourth-order valence-electron chi connectivity index (χ4n) is 2.49. The Bertz CT molecular complexity index is 842. The monoisotopic (exact) mass is 402 g/mol. The summed E-state index contributed by atoms with van der Waals surface area (Å²) in [5.41, 5.74) is 1.28. The lowest BCUT2D eigenvalue weighted by atomic mass is 10.1. The van der Waals surface area contributed by atoms with E-state index in [1.54, 1.807) is 6.07 Å². The van der Waals surface area contributed by atoms with Gasteiger partial charge in [0.2, 0.25) is 5.75 Å². The van der Waals surface area contributed by atoms with Gasteiger partial charge >= 0.3 is 11.9 Å². The van der Waals surface area contributed by atoms with E-state index in [1.807, 2.05) is 37.3 Å². The van der Waals surface area contributed by atoms with E-state index in [2.05, 4.69) is 10.3 Å². The lowest BCUT2D eigenvalue weighted by Crippen LogP contribution is -2.32. The van der Waals surface area contributed by atoms with Gasteiger partial charge in [0.05, 0.1) is 7.11 Å². The Morgan fingerprint density at radius 2 is 1.93 bits per heavy atom. The van der Waals surface area contributed by atoms with Crippen LogP contribution in [0.25, 0.3) is 0 Å². The molecule has 1 unspecified atom stereocenters. The van der Waals surface area contributed by atoms with Crippen LogP contribution in [0.15, 0.2) is 42.6 Å². The molecule has 0 aliphatic rings. The lowest BCUT2D eigenvalue weighted by molar-refractivity contribution is -0.146. The largest absolute Gasteiger partial charge is 0.493 e. The summed E-state index contributed by atoms with van der Waals surface area (Å²) in [5.74, 6) is -0.587. The molecule has 1 aromatic heterocycles. The predicted molar refractivity (Wildman–Crippen MR) is 108 cm³/mol. The summed E-state index contributed by atoms with van der Waals surface area (Å²) in [5, 5.41) is 2.78. The number of esters is 2. The molecule has 1 atom stereocenters. The summed E-state index contributed by atoms with van der Waals surface area (Å²) < 4.78 is 15.7. The van der Waals surface area contributed by atoms with Gasteiger partial charge in [0.1, 0.15) is 23.3 Å². The highest BCUT2D eigenvalue weighted by atomic mass is 32.1. The smallest absolute Gasteiger partial charge is 0.325 e. The quantitative estimate of drug-likeness (QED) is 0.532. The number of ether oxygens (including phenoxy) is 3. The standard InChI is InChI=1S/C20H22N2O5S/c1-13(11-15-7-5-4-6-8-15)26-17(24)12-22-20(28)18-19(27-14(2)23)16(25-3)9-10-21-18/h4-10,13H,11-12H2,1-3H3,(H,22,28). The Balaban J connectivity index is 1.94. The average Bonchev–Trinajstić information content (AvgIpc) is 2.66. The number of nitrogens with one attached hydrogen (secondary N) is 1. The zero-order chi connectivity index (χ0) is 20.5. The maximum atomic E-state index is 12.1. The van der Waals surface area contributed by atoms with Crippen molar-refractivity contribution in [3.8, 4) is 11.5 Å². The van der Waals surface area contributed by atoms with Crippen LogP contribution in [0.5, 0.6) is 11.5 Å². The van der Waals surface area contributed by atoms with Gasteiger partial charge in [-0.2, -0.15) is 0 Å². The van der Waals surface area contributed by atoms with Crippen molar-refractivity contribution in [2.45, 2.75) is 26.4 Å². The predicted octanol–water partition coefficient (Wildman–Crippen LogP) is 2.46. The molecule has 0 saturated carbocycles. The van der Waals surface area contributed by atoms with Gasteiger partial charge in [-0.3, -0.25) is 9.59 Å². The number of aromatic nitrogens is 1. The molecule has 0 bridgehead atoms. The van der Waals surface area contributed by atoms with Crippen LogP contribution in [0.2, 0.25) is 0 Å². The third-order valence-corrected chi connectivity index (χ3v) is 3.98. The number of carbonyl (C=O) groups is 2. The molecule has 1 heterocycles. The molecule has 1 aromatic carbocycles. The summed E-state index contributed by atoms with van der Waals surface area (Å²) >= 11 is 5.28. The zero-order valence-electron chi connectivity index (χ0n) is 15.9. The van der Waals surface area contributed by atoms with E-state index in [9.17, 15) is 9.59 Å². The van der Waals surface area contributed by atoms with Crippen molar-refractivity contribution in [1.82, 2.24) is 10.3 Å². The molecule has 7 nitrogen and oxygen atoms in total. The van der Waals surface area contributed by atoms with E-state index in [0.717, 1.165) is 5.56 Å². The first-order chi connectivity index (χ1) is 13.4. The van der Waals surface area contributed by atoms with Crippen molar-refractivity contribution in [2.24, 2.45) is 0 Å². The lowest BCUT2D eigenvalue weighted by Gasteiger charge is -2.15. The van der Waals surface area contributed by atoms with E-state index >= 15 is 0 Å². The molecule has 148 valence electrons. The fraction of sp³-hybridized carbons (Fsp3) is 0.300. The Hall–Kier alpha value is -3.00. The van der Waals surface area contributed by atoms with Crippen molar-refractivity contribution in [3.63, 3.8) is 0 Å². The van der Waals surface area contributed by atoms with E-state index in [4.69, 9.17) is 26.4 Å². The van der Waals surface area contributed by atoms with Crippen molar-refractivity contribution in [3.05, 3.63) is 53.9 Å². The number of pyridine rings is 1. The number of carbonyl (C=O) groups excluding carboxylic acids is 2. The van der Waals surface area contributed by atoms with Gasteiger partial charge in [0.25, 0.3) is 0 Å². The highest BCUT2D eigenvalue weighted by molar-refractivity contribution is 7.80. The highest BCUT2D eigenvalue weighted by Crippen LogP contribution is 2.29. The minimum absolute atomic E-state index is 0.0980. The molecule has 2 aromatic rings. The third-order valence-electron chi connectivity index (χ3n) is 3.64. The summed E-state index contributed by atoms with van der Waals surface area (Å²) in [6.45, 7) is 2.94. The number of methoxy groups -OCH3 is 1. The summed E-state index contributed by atoms with van der Waals surface area (Å²) in [6, 6.07) is 11.3. The van der Waals surface area contributed by atoms with Gasteiger partial charge < -0.3 is 19.5 Å². The SMILES string of the molecule is COc1ccnc(C(=S)NCC(=O)OC(C)Cc2ccccc2)c1OC(C)=O. The van der Waals surface area contributed by atoms with Crippen LogP contribution < -0.4 is 14.8 Å². The van der Waals surface area contributed by atoms with Crippen LogP contribution in [-0.4, -0.2) is 41.7 Å². The first kappa shape index (κ1) is 21.3. The Kier molecular flexibility index (Phi) is 7.88. The van der Waals surface area contributed by atoms with Crippen LogP contribution in [0.3, 0.4) is 0 Å². The Morgan fingerprint density at radius 3 is 2.57 bits per heavy atom. The van der Waals surface area contributed by atoms with Gasteiger partial charge in [-0.1, -0.05) is 42.5 Å². The number of hydrogen-bond donors (Lipinski definition) is 1. The van der Waals surface area contributed by atoms with Crippen molar-refractivity contribution >= 4 is 29.1 Å². The number of nitrogens with zero attached hydrogens (tertiary/aromatic N) is 1. The molecule has 0 aliphatic carbocycles. The molecule has 0 radical (unpaired) electrons. The Labute approximate surface area is 169 Å². The van der Waals surface area contributed by atoms with E-state index in [0.29, 0.717) is 12.2 Å². The molecule has 0 amide bonds. The highest BCUT2D eigenvalue weighted by Gasteiger charge is 2.19. The van der Waals surface area contributed by atoms with Crippen LogP contribution in [0.4, 0.5) is 0 Å². The number of benzene rings is 1. The summed E-state index contributed by atoms with van der Waals surface area (Å²) in [6.07, 6.45) is 1.80. The molecule has 28 heavy (non-hydrogen) atoms. The van der Waals surface area contributed by atoms with Gasteiger partial charge in [0.15, 0.2) is 5.75 Å². The summed E-state index contributed by atoms with van der Waals surface area (Å²) in [7, 11) is 1.44. The molecule has 0 fully saturated rings. The molecule has 0 aliphatic heterocycles. The van der Waals surface area contributed by atoms with Crippen molar-refractivity contribution in [2.75, 3.05) is 13.7 Å². The molecular weight excluding hydrogens is 380 g/mol. The summed E-state index contributed by atoms with van der Waals surface area (Å²) in [4.78, 5) is 27.7. The topological polar surface area (TPSA) is 86.8 Å². The van der Waals surface area contributed by atoms with Gasteiger partial charge in [-0.05, 0) is 12.5 Å². The first-order valence-corrected chi connectivity index (χ1v) is 9.04. The first-order valence-electron chi connectivity index (χ1n) is 8.63. The van der Waals surface area contributed by atoms with E-state index < -0.39 is 11.9 Å². The number of thiocarbonyl (C=S) groups is 1. The second-order valence-corrected chi connectivity index (χ2v) is 6.37. The minimum atomic E-state index is -0.538. The second kappa shape index (κ2) is 10.4. The molecule has 1 N–H and O–H groups in total. The molecule has 0 spiro atoms. The Morgan fingerprint density at radius 1 is 1.21 bits per heavy atom. The number of hydrogen-bond acceptors (Lipinski definition) is 7. The molecule has 8 heteroatoms. The normalized spacial score (nSPS) is 11.2. The van der Waals surface area contributed by atoms with Gasteiger partial charge in [0, 0.05) is 25.6 Å². The van der Waals surface area contributed by atoms with Gasteiger partial charge in [-0.25, -0.2) is 4.98 Å². The van der Waals surface area contributed by atoms with Crippen LogP contribution >= 0.6 is 12.2 Å². The average molecular weight is 402 g/mol. The van der Waals surface area contributed by atoms with E-state index in [1.165, 1.54) is 20.2 Å². The van der Waals surface area contributed by atoms with Crippen molar-refractivity contribution in [1.29, 1.82) is 0 Å². The fourth-order valence-corrected chi connectivity index (χ4v) is 2.70. The maximum Gasteiger partial charge on any atom is 0.325 e. The maximum absolute atomic E-state index is 12.1. The molecule has 2 rings (SSSR count). The van der Waals surface area contributed by atoms with Crippen LogP contribution in [0, 0.1) is 0 Å². The molecule has 0 saturated heterocycles. The molecular formula is C20H22N2O5S. The number of rotatable bonds is 8. The third kappa shape index (κ3) is 6.31. The second-order valence-electron chi connectivity index (χ2n) is 5.96. The van der Waals surface area contributed by atoms with Crippen molar-refractivity contribution < 1.29 is 23.8 Å². The van der Waals surface area contributed by atoms with Gasteiger partial charge in [-0.15, -0.1) is 0 Å². The van der Waals surface area contributed by atoms with E-state index in [-0.39, 0.29) is 29.1 Å². The van der Waals surface area contributed by atoms with Crippen LogP contribution in [-0.2, 0) is 20.7 Å².